The molecule has 0 N–H and O–H groups in total. The van der Waals surface area contributed by atoms with Crippen LogP contribution in [-0.4, -0.2) is 35.9 Å². The summed E-state index contributed by atoms with van der Waals surface area (Å²) >= 11 is 7.46. The van der Waals surface area contributed by atoms with Gasteiger partial charge in [-0.15, -0.1) is 10.2 Å². The summed E-state index contributed by atoms with van der Waals surface area (Å²) in [4.78, 5) is 13.5. The fraction of sp³-hybridized carbons (Fsp3) is 0.150. The van der Waals surface area contributed by atoms with Crippen molar-refractivity contribution in [1.29, 1.82) is 0 Å². The number of hydrogen-bond acceptors (Lipinski definition) is 7. The van der Waals surface area contributed by atoms with Crippen molar-refractivity contribution in [3.8, 4) is 28.6 Å². The number of benzene rings is 2. The molecule has 0 radical (unpaired) electrons. The zero-order valence-corrected chi connectivity index (χ0v) is 17.4. The molecule has 29 heavy (non-hydrogen) atoms. The zero-order valence-electron chi connectivity index (χ0n) is 15.8. The van der Waals surface area contributed by atoms with E-state index in [2.05, 4.69) is 10.2 Å². The average molecular weight is 430 g/mol. The second-order valence-electron chi connectivity index (χ2n) is 5.99. The van der Waals surface area contributed by atoms with Crippen molar-refractivity contribution in [2.75, 3.05) is 21.3 Å². The van der Waals surface area contributed by atoms with E-state index in [1.165, 1.54) is 37.1 Å². The molecule has 148 valence electrons. The van der Waals surface area contributed by atoms with Gasteiger partial charge in [-0.25, -0.2) is 4.40 Å². The Morgan fingerprint density at radius 2 is 1.72 bits per heavy atom. The number of halogens is 1. The summed E-state index contributed by atoms with van der Waals surface area (Å²) in [6, 6.07) is 10.8. The first-order valence-electron chi connectivity index (χ1n) is 8.52. The molecule has 4 aromatic rings. The van der Waals surface area contributed by atoms with Gasteiger partial charge in [0.2, 0.25) is 10.7 Å². The van der Waals surface area contributed by atoms with Gasteiger partial charge in [-0.05, 0) is 29.8 Å². The lowest BCUT2D eigenvalue weighted by Gasteiger charge is -2.13. The van der Waals surface area contributed by atoms with Crippen molar-refractivity contribution in [3.63, 3.8) is 0 Å². The molecule has 2 heterocycles. The Balaban J connectivity index is 1.93. The highest BCUT2D eigenvalue weighted by Gasteiger charge is 2.19. The Morgan fingerprint density at radius 1 is 1.03 bits per heavy atom. The molecule has 2 aromatic heterocycles. The lowest BCUT2D eigenvalue weighted by molar-refractivity contribution is 0.324. The van der Waals surface area contributed by atoms with E-state index in [4.69, 9.17) is 25.8 Å². The molecule has 0 saturated carbocycles. The van der Waals surface area contributed by atoms with Crippen LogP contribution in [0.2, 0.25) is 5.02 Å². The van der Waals surface area contributed by atoms with E-state index in [1.807, 2.05) is 18.2 Å². The summed E-state index contributed by atoms with van der Waals surface area (Å²) in [5, 5.41) is 8.92. The average Bonchev–Trinajstić information content (AvgIpc) is 3.29. The maximum Gasteiger partial charge on any atom is 0.276 e. The third-order valence-corrected chi connectivity index (χ3v) is 5.67. The summed E-state index contributed by atoms with van der Waals surface area (Å²) in [6.45, 7) is 0. The number of fused-ring (bicyclic) bond motifs is 1. The van der Waals surface area contributed by atoms with Gasteiger partial charge in [0, 0.05) is 10.6 Å². The van der Waals surface area contributed by atoms with Crippen molar-refractivity contribution in [2.45, 2.75) is 0 Å². The molecule has 0 saturated heterocycles. The first-order chi connectivity index (χ1) is 14.1. The largest absolute Gasteiger partial charge is 0.493 e. The molecule has 0 fully saturated rings. The van der Waals surface area contributed by atoms with E-state index >= 15 is 0 Å². The number of nitrogens with zero attached hydrogens (tertiary/aromatic N) is 3. The van der Waals surface area contributed by atoms with E-state index in [1.54, 1.807) is 24.3 Å². The quantitative estimate of drug-likeness (QED) is 0.485. The van der Waals surface area contributed by atoms with Gasteiger partial charge in [0.1, 0.15) is 0 Å². The van der Waals surface area contributed by atoms with Crippen molar-refractivity contribution in [1.82, 2.24) is 14.6 Å². The van der Waals surface area contributed by atoms with Gasteiger partial charge in [0.05, 0.1) is 25.9 Å². The zero-order chi connectivity index (χ0) is 20.5. The molecular formula is C20H16ClN3O4S. The van der Waals surface area contributed by atoms with Gasteiger partial charge in [0.25, 0.3) is 5.56 Å². The number of rotatable bonds is 5. The van der Waals surface area contributed by atoms with Gasteiger partial charge < -0.3 is 14.2 Å². The highest BCUT2D eigenvalue weighted by Crippen LogP contribution is 2.40. The fourth-order valence-corrected chi connectivity index (χ4v) is 4.09. The molecule has 0 bridgehead atoms. The highest BCUT2D eigenvalue weighted by molar-refractivity contribution is 7.15. The maximum absolute atomic E-state index is 13.1. The van der Waals surface area contributed by atoms with Crippen LogP contribution in [0.15, 0.2) is 41.2 Å². The van der Waals surface area contributed by atoms with E-state index < -0.39 is 0 Å². The second kappa shape index (κ2) is 7.73. The summed E-state index contributed by atoms with van der Waals surface area (Å²) in [6.07, 6.45) is 1.75. The van der Waals surface area contributed by atoms with Crippen molar-refractivity contribution >= 4 is 34.0 Å². The molecule has 0 aliphatic carbocycles. The van der Waals surface area contributed by atoms with E-state index in [0.717, 1.165) is 5.56 Å². The van der Waals surface area contributed by atoms with Crippen LogP contribution in [0.25, 0.3) is 22.4 Å². The predicted octanol–water partition coefficient (Wildman–Crippen LogP) is 3.04. The second-order valence-corrected chi connectivity index (χ2v) is 7.41. The first kappa shape index (κ1) is 19.2. The minimum Gasteiger partial charge on any atom is -0.493 e. The molecular weight excluding hydrogens is 414 g/mol. The molecule has 0 unspecified atom stereocenters. The van der Waals surface area contributed by atoms with E-state index in [9.17, 15) is 4.79 Å². The Bertz CT molecular complexity index is 1290. The number of ether oxygens (including phenoxy) is 3. The van der Waals surface area contributed by atoms with Gasteiger partial charge >= 0.3 is 0 Å². The predicted molar refractivity (Wildman–Crippen MR) is 112 cm³/mol. The Morgan fingerprint density at radius 3 is 2.34 bits per heavy atom. The first-order valence-corrected chi connectivity index (χ1v) is 9.71. The van der Waals surface area contributed by atoms with Gasteiger partial charge in [-0.3, -0.25) is 4.79 Å². The van der Waals surface area contributed by atoms with Crippen LogP contribution >= 0.6 is 22.9 Å². The van der Waals surface area contributed by atoms with Crippen LogP contribution in [0.3, 0.4) is 0 Å². The topological polar surface area (TPSA) is 75.0 Å². The van der Waals surface area contributed by atoms with Crippen LogP contribution in [0.4, 0.5) is 0 Å². The highest BCUT2D eigenvalue weighted by atomic mass is 35.5. The van der Waals surface area contributed by atoms with Crippen LogP contribution in [0.5, 0.6) is 17.2 Å². The van der Waals surface area contributed by atoms with Gasteiger partial charge in [-0.1, -0.05) is 41.1 Å². The molecule has 2 aromatic carbocycles. The summed E-state index contributed by atoms with van der Waals surface area (Å²) in [5.74, 6) is 1.77. The molecule has 0 aliphatic rings. The SMILES string of the molecule is COc1cc(-c2nnc3s/c(=C\c4ccccc4Cl)c(=O)n23)cc(OC)c1OC. The van der Waals surface area contributed by atoms with E-state index in [-0.39, 0.29) is 5.56 Å². The van der Waals surface area contributed by atoms with Crippen LogP contribution in [0, 0.1) is 0 Å². The Hall–Kier alpha value is -3.10. The number of hydrogen-bond donors (Lipinski definition) is 0. The molecule has 9 heteroatoms. The minimum atomic E-state index is -0.223. The molecule has 4 rings (SSSR count). The minimum absolute atomic E-state index is 0.223. The standard InChI is InChI=1S/C20H16ClN3O4S/c1-26-14-8-12(9-15(27-2)17(14)28-3)18-22-23-20-24(18)19(25)16(29-20)10-11-6-4-5-7-13(11)21/h4-10H,1-3H3/b16-10-. The number of aromatic nitrogens is 3. The van der Waals surface area contributed by atoms with Gasteiger partial charge in [0.15, 0.2) is 17.3 Å². The molecule has 0 amide bonds. The molecule has 0 atom stereocenters. The van der Waals surface area contributed by atoms with Crippen molar-refractivity contribution < 1.29 is 14.2 Å². The summed E-state index contributed by atoms with van der Waals surface area (Å²) in [5.41, 5.74) is 1.16. The molecule has 0 spiro atoms. The lowest BCUT2D eigenvalue weighted by atomic mass is 10.1. The lowest BCUT2D eigenvalue weighted by Crippen LogP contribution is -2.23. The van der Waals surface area contributed by atoms with Crippen molar-refractivity contribution in [3.05, 3.63) is 61.9 Å². The number of thiazole rings is 1. The van der Waals surface area contributed by atoms with Gasteiger partial charge in [-0.2, -0.15) is 0 Å². The molecule has 0 aliphatic heterocycles. The fourth-order valence-electron chi connectivity index (χ4n) is 2.99. The number of methoxy groups -OCH3 is 3. The third-order valence-electron chi connectivity index (χ3n) is 4.36. The van der Waals surface area contributed by atoms with Crippen LogP contribution in [-0.2, 0) is 0 Å². The van der Waals surface area contributed by atoms with Crippen LogP contribution < -0.4 is 24.3 Å². The Kier molecular flexibility index (Phi) is 5.12. The Labute approximate surface area is 174 Å². The summed E-state index contributed by atoms with van der Waals surface area (Å²) in [7, 11) is 4.59. The molecule has 7 nitrogen and oxygen atoms in total. The third kappa shape index (κ3) is 3.30. The maximum atomic E-state index is 13.1. The summed E-state index contributed by atoms with van der Waals surface area (Å²) < 4.78 is 18.1. The van der Waals surface area contributed by atoms with Crippen LogP contribution in [0.1, 0.15) is 5.56 Å². The van der Waals surface area contributed by atoms with Crippen molar-refractivity contribution in [2.24, 2.45) is 0 Å². The monoisotopic (exact) mass is 429 g/mol. The van der Waals surface area contributed by atoms with E-state index in [0.29, 0.717) is 43.2 Å². The smallest absolute Gasteiger partial charge is 0.276 e. The normalized spacial score (nSPS) is 11.8.